The van der Waals surface area contributed by atoms with E-state index in [1.165, 1.54) is 7.11 Å². The average Bonchev–Trinajstić information content (AvgIpc) is 2.63. The van der Waals surface area contributed by atoms with Crippen molar-refractivity contribution >= 4 is 27.3 Å². The number of hydrogen-bond donors (Lipinski definition) is 2. The van der Waals surface area contributed by atoms with E-state index in [2.05, 4.69) is 23.9 Å². The third-order valence-electron chi connectivity index (χ3n) is 4.17. The molecular weight excluding hydrogens is 392 g/mol. The van der Waals surface area contributed by atoms with Crippen molar-refractivity contribution in [3.8, 4) is 11.5 Å². The van der Waals surface area contributed by atoms with Gasteiger partial charge < -0.3 is 14.8 Å². The summed E-state index contributed by atoms with van der Waals surface area (Å²) < 4.78 is 36.5. The SMILES string of the molecule is COc1cc(C(=O)Nc2ccc(C)c(NS(C)(=O)=O)c2)ccc1OCCC(C)C. The van der Waals surface area contributed by atoms with Gasteiger partial charge in [-0.1, -0.05) is 19.9 Å². The van der Waals surface area contributed by atoms with E-state index in [9.17, 15) is 13.2 Å². The fourth-order valence-electron chi connectivity index (χ4n) is 2.55. The molecule has 0 saturated heterocycles. The number of hydrogen-bond acceptors (Lipinski definition) is 5. The Balaban J connectivity index is 2.15. The summed E-state index contributed by atoms with van der Waals surface area (Å²) in [7, 11) is -1.89. The van der Waals surface area contributed by atoms with Gasteiger partial charge in [-0.2, -0.15) is 0 Å². The van der Waals surface area contributed by atoms with Gasteiger partial charge >= 0.3 is 0 Å². The van der Waals surface area contributed by atoms with Gasteiger partial charge in [0.25, 0.3) is 5.91 Å². The molecule has 2 N–H and O–H groups in total. The lowest BCUT2D eigenvalue weighted by Crippen LogP contribution is -2.14. The molecule has 0 fully saturated rings. The second-order valence-corrected chi connectivity index (χ2v) is 9.00. The summed E-state index contributed by atoms with van der Waals surface area (Å²) in [6, 6.07) is 10.0. The van der Waals surface area contributed by atoms with Crippen LogP contribution in [0.25, 0.3) is 0 Å². The number of anilines is 2. The van der Waals surface area contributed by atoms with Gasteiger partial charge in [0.05, 0.1) is 25.7 Å². The molecule has 158 valence electrons. The number of rotatable bonds is 9. The largest absolute Gasteiger partial charge is 0.493 e. The molecule has 0 aliphatic heterocycles. The fraction of sp³-hybridized carbons (Fsp3) is 0.381. The van der Waals surface area contributed by atoms with E-state index >= 15 is 0 Å². The molecule has 0 heterocycles. The number of carbonyl (C=O) groups excluding carboxylic acids is 1. The van der Waals surface area contributed by atoms with Crippen LogP contribution in [0.4, 0.5) is 11.4 Å². The van der Waals surface area contributed by atoms with Crippen molar-refractivity contribution in [2.45, 2.75) is 27.2 Å². The highest BCUT2D eigenvalue weighted by atomic mass is 32.2. The molecule has 1 amide bonds. The topological polar surface area (TPSA) is 93.7 Å². The Hall–Kier alpha value is -2.74. The van der Waals surface area contributed by atoms with Gasteiger partial charge in [0.15, 0.2) is 11.5 Å². The Morgan fingerprint density at radius 2 is 1.83 bits per heavy atom. The Morgan fingerprint density at radius 3 is 2.45 bits per heavy atom. The molecule has 0 aromatic heterocycles. The molecule has 29 heavy (non-hydrogen) atoms. The molecule has 0 atom stereocenters. The normalized spacial score (nSPS) is 11.2. The van der Waals surface area contributed by atoms with Crippen LogP contribution in [0.5, 0.6) is 11.5 Å². The van der Waals surface area contributed by atoms with Gasteiger partial charge in [0.1, 0.15) is 0 Å². The van der Waals surface area contributed by atoms with Gasteiger partial charge in [0.2, 0.25) is 10.0 Å². The van der Waals surface area contributed by atoms with Crippen molar-refractivity contribution in [3.63, 3.8) is 0 Å². The number of amides is 1. The molecule has 0 unspecified atom stereocenters. The van der Waals surface area contributed by atoms with Crippen molar-refractivity contribution in [1.82, 2.24) is 0 Å². The Bertz CT molecular complexity index is 971. The van der Waals surface area contributed by atoms with E-state index in [1.54, 1.807) is 43.3 Å². The molecule has 0 aliphatic rings. The van der Waals surface area contributed by atoms with Crippen molar-refractivity contribution in [2.24, 2.45) is 5.92 Å². The standard InChI is InChI=1S/C21H28N2O5S/c1-14(2)10-11-28-19-9-7-16(12-20(19)27-4)21(24)22-17-8-6-15(3)18(13-17)23-29(5,25)26/h6-9,12-14,23H,10-11H2,1-5H3,(H,22,24). The smallest absolute Gasteiger partial charge is 0.255 e. The molecule has 0 aliphatic carbocycles. The third-order valence-corrected chi connectivity index (χ3v) is 4.76. The molecule has 2 rings (SSSR count). The summed E-state index contributed by atoms with van der Waals surface area (Å²) in [6.07, 6.45) is 2.00. The third kappa shape index (κ3) is 6.98. The highest BCUT2D eigenvalue weighted by Gasteiger charge is 2.13. The van der Waals surface area contributed by atoms with E-state index in [4.69, 9.17) is 9.47 Å². The second-order valence-electron chi connectivity index (χ2n) is 7.25. The second kappa shape index (κ2) is 9.65. The number of sulfonamides is 1. The van der Waals surface area contributed by atoms with Crippen LogP contribution in [0, 0.1) is 12.8 Å². The maximum Gasteiger partial charge on any atom is 0.255 e. The van der Waals surface area contributed by atoms with Gasteiger partial charge in [-0.25, -0.2) is 8.42 Å². The number of benzene rings is 2. The predicted molar refractivity (Wildman–Crippen MR) is 116 cm³/mol. The molecule has 7 nitrogen and oxygen atoms in total. The molecular formula is C21H28N2O5S. The first-order valence-electron chi connectivity index (χ1n) is 9.29. The first-order valence-corrected chi connectivity index (χ1v) is 11.2. The van der Waals surface area contributed by atoms with Crippen LogP contribution in [0.2, 0.25) is 0 Å². The maximum atomic E-state index is 12.6. The van der Waals surface area contributed by atoms with Crippen LogP contribution in [-0.2, 0) is 10.0 Å². The first-order chi connectivity index (χ1) is 13.6. The van der Waals surface area contributed by atoms with Crippen LogP contribution in [-0.4, -0.2) is 34.3 Å². The number of carbonyl (C=O) groups is 1. The summed E-state index contributed by atoms with van der Waals surface area (Å²) in [5, 5.41) is 2.77. The Morgan fingerprint density at radius 1 is 1.10 bits per heavy atom. The van der Waals surface area contributed by atoms with Crippen molar-refractivity contribution in [2.75, 3.05) is 30.0 Å². The van der Waals surface area contributed by atoms with Gasteiger partial charge in [-0.3, -0.25) is 9.52 Å². The molecule has 2 aromatic rings. The van der Waals surface area contributed by atoms with E-state index in [0.717, 1.165) is 18.2 Å². The quantitative estimate of drug-likeness (QED) is 0.638. The van der Waals surface area contributed by atoms with Crippen LogP contribution in [0.15, 0.2) is 36.4 Å². The molecule has 2 aromatic carbocycles. The summed E-state index contributed by atoms with van der Waals surface area (Å²) in [4.78, 5) is 12.6. The van der Waals surface area contributed by atoms with Crippen molar-refractivity contribution in [1.29, 1.82) is 0 Å². The van der Waals surface area contributed by atoms with Gasteiger partial charge in [-0.15, -0.1) is 0 Å². The zero-order valence-corrected chi connectivity index (χ0v) is 18.2. The zero-order chi connectivity index (χ0) is 21.6. The maximum absolute atomic E-state index is 12.6. The van der Waals surface area contributed by atoms with E-state index < -0.39 is 10.0 Å². The molecule has 0 bridgehead atoms. The minimum atomic E-state index is -3.42. The fourth-order valence-corrected chi connectivity index (χ4v) is 3.16. The number of nitrogens with one attached hydrogen (secondary N) is 2. The highest BCUT2D eigenvalue weighted by molar-refractivity contribution is 7.92. The first kappa shape index (κ1) is 22.5. The lowest BCUT2D eigenvalue weighted by atomic mass is 10.1. The lowest BCUT2D eigenvalue weighted by Gasteiger charge is -2.14. The molecule has 0 saturated carbocycles. The van der Waals surface area contributed by atoms with E-state index in [-0.39, 0.29) is 5.91 Å². The number of aryl methyl sites for hydroxylation is 1. The van der Waals surface area contributed by atoms with Crippen LogP contribution >= 0.6 is 0 Å². The van der Waals surface area contributed by atoms with Gasteiger partial charge in [-0.05, 0) is 55.2 Å². The Kier molecular flexibility index (Phi) is 7.50. The van der Waals surface area contributed by atoms with E-state index in [0.29, 0.717) is 41.0 Å². The Labute approximate surface area is 172 Å². The van der Waals surface area contributed by atoms with Crippen LogP contribution < -0.4 is 19.5 Å². The lowest BCUT2D eigenvalue weighted by molar-refractivity contribution is 0.102. The molecule has 0 radical (unpaired) electrons. The summed E-state index contributed by atoms with van der Waals surface area (Å²) in [5.74, 6) is 1.25. The summed E-state index contributed by atoms with van der Waals surface area (Å²) >= 11 is 0. The van der Waals surface area contributed by atoms with Crippen molar-refractivity contribution in [3.05, 3.63) is 47.5 Å². The van der Waals surface area contributed by atoms with E-state index in [1.807, 2.05) is 0 Å². The number of methoxy groups -OCH3 is 1. The minimum Gasteiger partial charge on any atom is -0.493 e. The molecule has 0 spiro atoms. The van der Waals surface area contributed by atoms with Crippen LogP contribution in [0.1, 0.15) is 36.2 Å². The zero-order valence-electron chi connectivity index (χ0n) is 17.4. The highest BCUT2D eigenvalue weighted by Crippen LogP contribution is 2.29. The monoisotopic (exact) mass is 420 g/mol. The van der Waals surface area contributed by atoms with Crippen molar-refractivity contribution < 1.29 is 22.7 Å². The van der Waals surface area contributed by atoms with Gasteiger partial charge in [0, 0.05) is 11.3 Å². The average molecular weight is 421 g/mol. The predicted octanol–water partition coefficient (Wildman–Crippen LogP) is 4.05. The minimum absolute atomic E-state index is 0.341. The summed E-state index contributed by atoms with van der Waals surface area (Å²) in [6.45, 7) is 6.59. The van der Waals surface area contributed by atoms with Crippen LogP contribution in [0.3, 0.4) is 0 Å². The number of ether oxygens (including phenoxy) is 2. The summed E-state index contributed by atoms with van der Waals surface area (Å²) in [5.41, 5.74) is 2.04. The molecule has 8 heteroatoms.